The van der Waals surface area contributed by atoms with Gasteiger partial charge in [-0.25, -0.2) is 4.39 Å². The lowest BCUT2D eigenvalue weighted by Crippen LogP contribution is -2.60. The second-order valence-corrected chi connectivity index (χ2v) is 14.4. The smallest absolute Gasteiger partial charge is 0.319 e. The van der Waals surface area contributed by atoms with Gasteiger partial charge in [0.15, 0.2) is 11.5 Å². The minimum atomic E-state index is -0.411. The zero-order valence-corrected chi connectivity index (χ0v) is 26.4. The van der Waals surface area contributed by atoms with Gasteiger partial charge in [0.25, 0.3) is 5.69 Å². The Bertz CT molecular complexity index is 1870. The fourth-order valence-electron chi connectivity index (χ4n) is 9.81. The molecule has 0 radical (unpaired) electrons. The first-order valence-electron chi connectivity index (χ1n) is 16.8. The summed E-state index contributed by atoms with van der Waals surface area (Å²) < 4.78 is 40.8. The zero-order valence-electron chi connectivity index (χ0n) is 26.4. The summed E-state index contributed by atoms with van der Waals surface area (Å²) in [5.74, 6) is 0.388. The average Bonchev–Trinajstić information content (AvgIpc) is 3.71. The minimum absolute atomic E-state index is 0.0280. The van der Waals surface area contributed by atoms with Crippen LogP contribution in [0.25, 0.3) is 32.9 Å². The van der Waals surface area contributed by atoms with Gasteiger partial charge in [-0.05, 0) is 87.5 Å². The molecule has 0 aliphatic carbocycles. The lowest BCUT2D eigenvalue weighted by molar-refractivity contribution is -0.668. The molecule has 9 heteroatoms. The third kappa shape index (κ3) is 4.02. The van der Waals surface area contributed by atoms with E-state index in [9.17, 15) is 4.39 Å². The number of piperazine rings is 1. The number of rotatable bonds is 4. The van der Waals surface area contributed by atoms with E-state index in [0.717, 1.165) is 79.4 Å². The molecule has 1 N–H and O–H groups in total. The summed E-state index contributed by atoms with van der Waals surface area (Å²) in [6, 6.07) is 10.3. The molecule has 5 aliphatic heterocycles. The van der Waals surface area contributed by atoms with Gasteiger partial charge in [0, 0.05) is 36.5 Å². The fourth-order valence-corrected chi connectivity index (χ4v) is 9.81. The summed E-state index contributed by atoms with van der Waals surface area (Å²) in [5.41, 5.74) is 2.96. The van der Waals surface area contributed by atoms with Gasteiger partial charge in [-0.15, -0.1) is 0 Å². The number of fused-ring (bicyclic) bond motifs is 7. The van der Waals surface area contributed by atoms with Gasteiger partial charge in [-0.3, -0.25) is 4.90 Å². The minimum Gasteiger partial charge on any atom is -0.461 e. The lowest BCUT2D eigenvalue weighted by Gasteiger charge is -2.43. The van der Waals surface area contributed by atoms with Crippen LogP contribution < -0.4 is 19.5 Å². The van der Waals surface area contributed by atoms with E-state index in [1.54, 1.807) is 13.0 Å². The van der Waals surface area contributed by atoms with Crippen LogP contribution in [0.1, 0.15) is 56.7 Å². The second-order valence-electron chi connectivity index (χ2n) is 14.4. The lowest BCUT2D eigenvalue weighted by atomic mass is 9.89. The fraction of sp³-hybridized carbons (Fsp3) is 0.528. The highest BCUT2D eigenvalue weighted by Crippen LogP contribution is 2.44. The van der Waals surface area contributed by atoms with Crippen molar-refractivity contribution >= 4 is 27.5 Å². The van der Waals surface area contributed by atoms with Crippen molar-refractivity contribution in [2.75, 3.05) is 31.1 Å². The SMILES string of the molecule is Cc1c(F)ccc2cccc(-c3c(F)c4nc(OCC56CCCN5CCC6)nc5c4c([n+]3C)C[C@H](C)[C@H]3[C@@H]4CC[C@H](CN53)N4)c12. The van der Waals surface area contributed by atoms with Crippen LogP contribution in [-0.4, -0.2) is 64.8 Å². The molecule has 0 saturated carbocycles. The summed E-state index contributed by atoms with van der Waals surface area (Å²) >= 11 is 0. The summed E-state index contributed by atoms with van der Waals surface area (Å²) in [6.07, 6.45) is 7.63. The van der Waals surface area contributed by atoms with Crippen molar-refractivity contribution in [1.29, 1.82) is 0 Å². The number of pyridine rings is 1. The molecule has 7 nitrogen and oxygen atoms in total. The molecule has 0 spiro atoms. The Morgan fingerprint density at radius 3 is 2.71 bits per heavy atom. The van der Waals surface area contributed by atoms with Gasteiger partial charge in [0.1, 0.15) is 30.4 Å². The normalized spacial score (nSPS) is 26.8. The maximum Gasteiger partial charge on any atom is 0.319 e. The first kappa shape index (κ1) is 27.8. The van der Waals surface area contributed by atoms with Crippen LogP contribution in [0.5, 0.6) is 6.01 Å². The van der Waals surface area contributed by atoms with Crippen LogP contribution in [0.15, 0.2) is 30.3 Å². The molecular weight excluding hydrogens is 570 g/mol. The average molecular weight is 612 g/mol. The molecule has 234 valence electrons. The summed E-state index contributed by atoms with van der Waals surface area (Å²) in [4.78, 5) is 15.1. The molecule has 4 fully saturated rings. The van der Waals surface area contributed by atoms with E-state index in [0.29, 0.717) is 46.9 Å². The van der Waals surface area contributed by atoms with Gasteiger partial charge >= 0.3 is 6.01 Å². The maximum atomic E-state index is 17.4. The molecule has 0 unspecified atom stereocenters. The van der Waals surface area contributed by atoms with E-state index in [-0.39, 0.29) is 23.4 Å². The molecule has 7 heterocycles. The Morgan fingerprint density at radius 1 is 1.07 bits per heavy atom. The number of ether oxygens (including phenoxy) is 1. The number of nitrogens with zero attached hydrogens (tertiary/aromatic N) is 5. The highest BCUT2D eigenvalue weighted by Gasteiger charge is 2.48. The number of aryl methyl sites for hydroxylation is 1. The Hall–Kier alpha value is -3.43. The highest BCUT2D eigenvalue weighted by molar-refractivity contribution is 6.00. The molecule has 5 aliphatic rings. The van der Waals surface area contributed by atoms with Crippen LogP contribution in [-0.2, 0) is 13.5 Å². The molecule has 2 bridgehead atoms. The first-order valence-corrected chi connectivity index (χ1v) is 16.8. The molecule has 2 aromatic carbocycles. The first-order chi connectivity index (χ1) is 21.8. The number of aromatic nitrogens is 3. The molecular formula is C36H41F2N6O+. The van der Waals surface area contributed by atoms with Crippen LogP contribution in [0, 0.1) is 24.5 Å². The molecule has 0 amide bonds. The number of anilines is 1. The monoisotopic (exact) mass is 611 g/mol. The standard InChI is InChI=1S/C36H41F2N6O/c1-20-17-27-29-31(30(38)33(42(27)3)24-8-4-7-22-9-11-25(37)21(2)28(22)24)40-35(45-19-36-13-5-15-43(36)16-6-14-36)41-34(29)44-18-23-10-12-26(39-23)32(20)44/h4,7-9,11,20,23,26,32,39H,5-6,10,12-19H2,1-3H3/q+1/t20-,23+,26-,32-/m0/s1. The van der Waals surface area contributed by atoms with E-state index in [1.807, 2.05) is 29.8 Å². The van der Waals surface area contributed by atoms with Crippen molar-refractivity contribution in [3.8, 4) is 17.3 Å². The quantitative estimate of drug-likeness (QED) is 0.314. The number of hydrogen-bond acceptors (Lipinski definition) is 6. The third-order valence-corrected chi connectivity index (χ3v) is 11.9. The Labute approximate surface area is 262 Å². The van der Waals surface area contributed by atoms with Gasteiger partial charge in [-0.2, -0.15) is 18.9 Å². The van der Waals surface area contributed by atoms with E-state index in [4.69, 9.17) is 14.7 Å². The molecule has 4 saturated heterocycles. The number of hydrogen-bond donors (Lipinski definition) is 1. The topological polar surface area (TPSA) is 57.4 Å². The molecule has 4 aromatic rings. The maximum absolute atomic E-state index is 17.4. The van der Waals surface area contributed by atoms with Gasteiger partial charge in [0.05, 0.1) is 11.1 Å². The predicted octanol–water partition coefficient (Wildman–Crippen LogP) is 5.37. The third-order valence-electron chi connectivity index (χ3n) is 11.9. The van der Waals surface area contributed by atoms with Crippen molar-refractivity contribution in [3.05, 3.63) is 53.2 Å². The van der Waals surface area contributed by atoms with E-state index in [2.05, 4.69) is 22.0 Å². The van der Waals surface area contributed by atoms with Crippen LogP contribution in [0.2, 0.25) is 0 Å². The molecule has 45 heavy (non-hydrogen) atoms. The zero-order chi connectivity index (χ0) is 30.6. The highest BCUT2D eigenvalue weighted by atomic mass is 19.1. The predicted molar refractivity (Wildman–Crippen MR) is 171 cm³/mol. The van der Waals surface area contributed by atoms with E-state index in [1.165, 1.54) is 18.9 Å². The van der Waals surface area contributed by atoms with Gasteiger partial charge < -0.3 is 15.0 Å². The number of benzene rings is 2. The second kappa shape index (κ2) is 10.0. The van der Waals surface area contributed by atoms with E-state index < -0.39 is 5.82 Å². The largest absolute Gasteiger partial charge is 0.461 e. The van der Waals surface area contributed by atoms with Crippen molar-refractivity contribution < 1.29 is 18.1 Å². The van der Waals surface area contributed by atoms with E-state index >= 15 is 4.39 Å². The van der Waals surface area contributed by atoms with Crippen molar-refractivity contribution in [2.24, 2.45) is 13.0 Å². The van der Waals surface area contributed by atoms with Crippen LogP contribution >= 0.6 is 0 Å². The van der Waals surface area contributed by atoms with Gasteiger partial charge in [-0.1, -0.05) is 25.1 Å². The van der Waals surface area contributed by atoms with Crippen molar-refractivity contribution in [3.63, 3.8) is 0 Å². The van der Waals surface area contributed by atoms with Gasteiger partial charge in [0.2, 0.25) is 5.82 Å². The Kier molecular flexibility index (Phi) is 6.21. The van der Waals surface area contributed by atoms with Crippen LogP contribution in [0.3, 0.4) is 0 Å². The number of halogens is 2. The molecule has 2 aromatic heterocycles. The Morgan fingerprint density at radius 2 is 1.89 bits per heavy atom. The van der Waals surface area contributed by atoms with Crippen LogP contribution in [0.4, 0.5) is 14.6 Å². The number of nitrogens with one attached hydrogen (secondary N) is 1. The molecule has 4 atom stereocenters. The summed E-state index contributed by atoms with van der Waals surface area (Å²) in [7, 11) is 1.95. The Balaban J connectivity index is 1.28. The summed E-state index contributed by atoms with van der Waals surface area (Å²) in [5, 5.41) is 6.26. The van der Waals surface area contributed by atoms with Crippen molar-refractivity contribution in [2.45, 2.75) is 82.5 Å². The summed E-state index contributed by atoms with van der Waals surface area (Å²) in [6.45, 7) is 7.67. The van der Waals surface area contributed by atoms with Crippen molar-refractivity contribution in [1.82, 2.24) is 20.2 Å². The molecule has 9 rings (SSSR count).